The van der Waals surface area contributed by atoms with Crippen LogP contribution in [-0.4, -0.2) is 36.2 Å². The molecule has 0 unspecified atom stereocenters. The summed E-state index contributed by atoms with van der Waals surface area (Å²) < 4.78 is 0. The van der Waals surface area contributed by atoms with Crippen LogP contribution in [0.3, 0.4) is 0 Å². The lowest BCUT2D eigenvalue weighted by atomic mass is 9.92. The molecular weight excluding hydrogens is 180 g/mol. The van der Waals surface area contributed by atoms with Crippen molar-refractivity contribution < 1.29 is 9.90 Å². The molecule has 1 aliphatic rings. The van der Waals surface area contributed by atoms with Crippen molar-refractivity contribution in [2.45, 2.75) is 44.8 Å². The smallest absolute Gasteiger partial charge is 0.234 e. The second-order valence-corrected chi connectivity index (χ2v) is 3.81. The van der Waals surface area contributed by atoms with Crippen LogP contribution in [0.2, 0.25) is 0 Å². The fraction of sp³-hybridized carbons (Fsp3) is 0.900. The van der Waals surface area contributed by atoms with Crippen LogP contribution < -0.4 is 10.6 Å². The minimum absolute atomic E-state index is 0.0159. The van der Waals surface area contributed by atoms with Crippen LogP contribution >= 0.6 is 0 Å². The molecule has 0 spiro atoms. The molecule has 2 atom stereocenters. The Balaban J connectivity index is 2.23. The highest BCUT2D eigenvalue weighted by molar-refractivity contribution is 5.78. The summed E-state index contributed by atoms with van der Waals surface area (Å²) in [6.07, 6.45) is 3.53. The van der Waals surface area contributed by atoms with Gasteiger partial charge in [-0.05, 0) is 19.4 Å². The normalized spacial score (nSPS) is 27.3. The van der Waals surface area contributed by atoms with Gasteiger partial charge < -0.3 is 15.7 Å². The van der Waals surface area contributed by atoms with Crippen molar-refractivity contribution in [1.82, 2.24) is 10.6 Å². The number of hydrogen-bond acceptors (Lipinski definition) is 3. The van der Waals surface area contributed by atoms with Gasteiger partial charge in [-0.15, -0.1) is 0 Å². The first-order valence-electron chi connectivity index (χ1n) is 5.42. The predicted octanol–water partition coefficient (Wildman–Crippen LogP) is 0.0156. The molecule has 14 heavy (non-hydrogen) atoms. The zero-order chi connectivity index (χ0) is 10.4. The van der Waals surface area contributed by atoms with Crippen molar-refractivity contribution in [2.75, 3.05) is 13.1 Å². The third-order valence-corrected chi connectivity index (χ3v) is 2.61. The fourth-order valence-electron chi connectivity index (χ4n) is 1.78. The predicted molar refractivity (Wildman–Crippen MR) is 54.9 cm³/mol. The molecule has 0 aliphatic heterocycles. The number of carbonyl (C=O) groups excluding carboxylic acids is 1. The van der Waals surface area contributed by atoms with E-state index in [-0.39, 0.29) is 18.1 Å². The second kappa shape index (κ2) is 5.98. The Morgan fingerprint density at radius 3 is 2.79 bits per heavy atom. The van der Waals surface area contributed by atoms with E-state index in [0.717, 1.165) is 32.2 Å². The van der Waals surface area contributed by atoms with E-state index in [1.165, 1.54) is 0 Å². The lowest BCUT2D eigenvalue weighted by Gasteiger charge is -2.28. The van der Waals surface area contributed by atoms with Gasteiger partial charge in [0.05, 0.1) is 18.7 Å². The second-order valence-electron chi connectivity index (χ2n) is 3.81. The molecule has 1 rings (SSSR count). The first kappa shape index (κ1) is 11.5. The highest BCUT2D eigenvalue weighted by Crippen LogP contribution is 2.17. The SMILES string of the molecule is CCNCC(=O)N[C@@H]1CCCC[C@H]1O. The molecule has 0 aromatic heterocycles. The third kappa shape index (κ3) is 3.64. The van der Waals surface area contributed by atoms with Crippen molar-refractivity contribution in [3.8, 4) is 0 Å². The molecule has 82 valence electrons. The van der Waals surface area contributed by atoms with E-state index in [0.29, 0.717) is 6.54 Å². The average Bonchev–Trinajstić information content (AvgIpc) is 2.18. The molecule has 4 heteroatoms. The Kier molecular flexibility index (Phi) is 4.90. The average molecular weight is 200 g/mol. The number of amides is 1. The zero-order valence-electron chi connectivity index (χ0n) is 8.75. The summed E-state index contributed by atoms with van der Waals surface area (Å²) in [5, 5.41) is 15.4. The summed E-state index contributed by atoms with van der Waals surface area (Å²) in [6.45, 7) is 3.10. The van der Waals surface area contributed by atoms with Crippen molar-refractivity contribution in [3.05, 3.63) is 0 Å². The van der Waals surface area contributed by atoms with Gasteiger partial charge in [0.15, 0.2) is 0 Å². The van der Waals surface area contributed by atoms with E-state index in [1.54, 1.807) is 0 Å². The van der Waals surface area contributed by atoms with Gasteiger partial charge in [-0.3, -0.25) is 4.79 Å². The molecule has 0 radical (unpaired) electrons. The van der Waals surface area contributed by atoms with Crippen LogP contribution in [0.5, 0.6) is 0 Å². The molecule has 0 heterocycles. The Morgan fingerprint density at radius 1 is 1.43 bits per heavy atom. The maximum atomic E-state index is 11.3. The first-order valence-corrected chi connectivity index (χ1v) is 5.42. The van der Waals surface area contributed by atoms with Crippen LogP contribution in [0.1, 0.15) is 32.6 Å². The Hall–Kier alpha value is -0.610. The van der Waals surface area contributed by atoms with Crippen LogP contribution in [0.25, 0.3) is 0 Å². The summed E-state index contributed by atoms with van der Waals surface area (Å²) in [5.74, 6) is -0.0159. The summed E-state index contributed by atoms with van der Waals surface area (Å²) in [4.78, 5) is 11.3. The summed E-state index contributed by atoms with van der Waals surface area (Å²) in [5.41, 5.74) is 0. The van der Waals surface area contributed by atoms with Gasteiger partial charge in [0.1, 0.15) is 0 Å². The maximum Gasteiger partial charge on any atom is 0.234 e. The van der Waals surface area contributed by atoms with Crippen LogP contribution in [0.15, 0.2) is 0 Å². The number of nitrogens with one attached hydrogen (secondary N) is 2. The highest BCUT2D eigenvalue weighted by Gasteiger charge is 2.23. The van der Waals surface area contributed by atoms with E-state index < -0.39 is 0 Å². The maximum absolute atomic E-state index is 11.3. The monoisotopic (exact) mass is 200 g/mol. The molecule has 1 aliphatic carbocycles. The molecule has 4 nitrogen and oxygen atoms in total. The number of aliphatic hydroxyl groups excluding tert-OH is 1. The minimum Gasteiger partial charge on any atom is -0.391 e. The van der Waals surface area contributed by atoms with Gasteiger partial charge in [0.25, 0.3) is 0 Å². The van der Waals surface area contributed by atoms with Gasteiger partial charge >= 0.3 is 0 Å². The molecule has 0 aromatic rings. The topological polar surface area (TPSA) is 61.4 Å². The Morgan fingerprint density at radius 2 is 2.14 bits per heavy atom. The van der Waals surface area contributed by atoms with Gasteiger partial charge in [0, 0.05) is 0 Å². The number of likely N-dealkylation sites (N-methyl/N-ethyl adjacent to an activating group) is 1. The molecular formula is C10H20N2O2. The van der Waals surface area contributed by atoms with E-state index in [1.807, 2.05) is 6.92 Å². The van der Waals surface area contributed by atoms with E-state index in [2.05, 4.69) is 10.6 Å². The first-order chi connectivity index (χ1) is 6.74. The van der Waals surface area contributed by atoms with Crippen molar-refractivity contribution in [2.24, 2.45) is 0 Å². The molecule has 1 amide bonds. The van der Waals surface area contributed by atoms with E-state index in [4.69, 9.17) is 0 Å². The van der Waals surface area contributed by atoms with Crippen LogP contribution in [0.4, 0.5) is 0 Å². The molecule has 1 saturated carbocycles. The largest absolute Gasteiger partial charge is 0.391 e. The molecule has 3 N–H and O–H groups in total. The summed E-state index contributed by atoms with van der Waals surface area (Å²) in [6, 6.07) is -0.0325. The summed E-state index contributed by atoms with van der Waals surface area (Å²) >= 11 is 0. The minimum atomic E-state index is -0.352. The highest BCUT2D eigenvalue weighted by atomic mass is 16.3. The summed E-state index contributed by atoms with van der Waals surface area (Å²) in [7, 11) is 0. The number of hydrogen-bond donors (Lipinski definition) is 3. The molecule has 0 saturated heterocycles. The lowest BCUT2D eigenvalue weighted by molar-refractivity contribution is -0.122. The van der Waals surface area contributed by atoms with Gasteiger partial charge in [0.2, 0.25) is 5.91 Å². The van der Waals surface area contributed by atoms with E-state index >= 15 is 0 Å². The number of carbonyl (C=O) groups is 1. The zero-order valence-corrected chi connectivity index (χ0v) is 8.75. The van der Waals surface area contributed by atoms with Crippen molar-refractivity contribution >= 4 is 5.91 Å². The third-order valence-electron chi connectivity index (χ3n) is 2.61. The van der Waals surface area contributed by atoms with Crippen molar-refractivity contribution in [3.63, 3.8) is 0 Å². The van der Waals surface area contributed by atoms with Gasteiger partial charge in [-0.2, -0.15) is 0 Å². The van der Waals surface area contributed by atoms with Gasteiger partial charge in [-0.1, -0.05) is 19.8 Å². The van der Waals surface area contributed by atoms with Gasteiger partial charge in [-0.25, -0.2) is 0 Å². The standard InChI is InChI=1S/C10H20N2O2/c1-2-11-7-10(14)12-8-5-3-4-6-9(8)13/h8-9,11,13H,2-7H2,1H3,(H,12,14)/t8-,9-/m1/s1. The Bertz CT molecular complexity index is 185. The number of aliphatic hydroxyl groups is 1. The number of rotatable bonds is 4. The van der Waals surface area contributed by atoms with Crippen LogP contribution in [-0.2, 0) is 4.79 Å². The molecule has 1 fully saturated rings. The lowest BCUT2D eigenvalue weighted by Crippen LogP contribution is -2.47. The molecule has 0 aromatic carbocycles. The Labute approximate surface area is 85.1 Å². The van der Waals surface area contributed by atoms with Crippen molar-refractivity contribution in [1.29, 1.82) is 0 Å². The van der Waals surface area contributed by atoms with E-state index in [9.17, 15) is 9.90 Å². The fourth-order valence-corrected chi connectivity index (χ4v) is 1.78. The quantitative estimate of drug-likeness (QED) is 0.599. The molecule has 0 bridgehead atoms. The van der Waals surface area contributed by atoms with Crippen LogP contribution in [0, 0.1) is 0 Å².